The van der Waals surface area contributed by atoms with Crippen LogP contribution < -0.4 is 5.32 Å². The third-order valence-electron chi connectivity index (χ3n) is 2.25. The molecular weight excluding hydrogens is 126 g/mol. The summed E-state index contributed by atoms with van der Waals surface area (Å²) in [5.74, 6) is 0.880. The van der Waals surface area contributed by atoms with E-state index in [-0.39, 0.29) is 0 Å². The zero-order valence-electron chi connectivity index (χ0n) is 6.89. The molecule has 1 aliphatic rings. The minimum atomic E-state index is 0.493. The number of hydrogen-bond acceptors (Lipinski definition) is 2. The van der Waals surface area contributed by atoms with Gasteiger partial charge >= 0.3 is 0 Å². The van der Waals surface area contributed by atoms with Gasteiger partial charge in [0.1, 0.15) is 0 Å². The van der Waals surface area contributed by atoms with E-state index in [0.717, 1.165) is 12.3 Å². The van der Waals surface area contributed by atoms with Crippen molar-refractivity contribution in [2.45, 2.75) is 25.9 Å². The monoisotopic (exact) mass is 143 g/mol. The van der Waals surface area contributed by atoms with E-state index in [1.807, 2.05) is 0 Å². The van der Waals surface area contributed by atoms with Crippen LogP contribution in [0.5, 0.6) is 0 Å². The van der Waals surface area contributed by atoms with E-state index in [9.17, 15) is 0 Å². The molecule has 0 radical (unpaired) electrons. The van der Waals surface area contributed by atoms with Crippen LogP contribution in [0.25, 0.3) is 0 Å². The van der Waals surface area contributed by atoms with Gasteiger partial charge in [0.15, 0.2) is 0 Å². The molecule has 0 spiro atoms. The summed E-state index contributed by atoms with van der Waals surface area (Å²) in [6.07, 6.45) is 2.87. The Balaban J connectivity index is 2.08. The lowest BCUT2D eigenvalue weighted by molar-refractivity contribution is 0.0682. The van der Waals surface area contributed by atoms with Gasteiger partial charge in [-0.15, -0.1) is 0 Å². The first-order valence-electron chi connectivity index (χ1n) is 4.10. The predicted octanol–water partition coefficient (Wildman–Crippen LogP) is 1.02. The molecule has 1 heterocycles. The molecule has 0 aromatic rings. The molecule has 1 atom stereocenters. The van der Waals surface area contributed by atoms with Crippen molar-refractivity contribution >= 4 is 0 Å². The Morgan fingerprint density at radius 2 is 2.30 bits per heavy atom. The van der Waals surface area contributed by atoms with Gasteiger partial charge in [-0.25, -0.2) is 0 Å². The molecule has 1 saturated heterocycles. The molecule has 0 bridgehead atoms. The second-order valence-corrected chi connectivity index (χ2v) is 3.03. The Morgan fingerprint density at radius 3 is 2.60 bits per heavy atom. The molecule has 0 aromatic carbocycles. The highest BCUT2D eigenvalue weighted by molar-refractivity contribution is 4.77. The van der Waals surface area contributed by atoms with E-state index >= 15 is 0 Å². The fraction of sp³-hybridized carbons (Fsp3) is 1.00. The van der Waals surface area contributed by atoms with Crippen LogP contribution in [0, 0.1) is 5.92 Å². The van der Waals surface area contributed by atoms with Crippen LogP contribution in [-0.4, -0.2) is 26.3 Å². The zero-order valence-corrected chi connectivity index (χ0v) is 6.89. The largest absolute Gasteiger partial charge is 0.381 e. The van der Waals surface area contributed by atoms with Gasteiger partial charge in [0.25, 0.3) is 0 Å². The molecule has 10 heavy (non-hydrogen) atoms. The molecule has 0 aromatic heterocycles. The van der Waals surface area contributed by atoms with Crippen LogP contribution in [0.3, 0.4) is 0 Å². The lowest BCUT2D eigenvalue weighted by atomic mass is 9.95. The number of nitrogens with one attached hydrogen (secondary N) is 1. The molecule has 1 unspecified atom stereocenters. The maximum atomic E-state index is 5.28. The summed E-state index contributed by atoms with van der Waals surface area (Å²) in [5, 5.41) is 3.26. The number of hydrogen-bond donors (Lipinski definition) is 1. The molecule has 1 fully saturated rings. The highest BCUT2D eigenvalue weighted by atomic mass is 16.5. The lowest BCUT2D eigenvalue weighted by Crippen LogP contribution is -2.43. The number of rotatable bonds is 4. The number of methoxy groups -OCH3 is 1. The standard InChI is InChI=1S/C8H17NO/c1-3-8(10-2)4-7-5-9-6-7/h7-9H,3-6H2,1-2H3. The smallest absolute Gasteiger partial charge is 0.0572 e. The first-order valence-corrected chi connectivity index (χ1v) is 4.10. The fourth-order valence-electron chi connectivity index (χ4n) is 1.32. The molecule has 0 amide bonds. The molecule has 2 nitrogen and oxygen atoms in total. The molecule has 60 valence electrons. The second-order valence-electron chi connectivity index (χ2n) is 3.03. The van der Waals surface area contributed by atoms with Crippen molar-refractivity contribution in [3.05, 3.63) is 0 Å². The Labute approximate surface area is 63.0 Å². The molecule has 2 heteroatoms. The van der Waals surface area contributed by atoms with Crippen molar-refractivity contribution in [3.8, 4) is 0 Å². The molecule has 0 saturated carbocycles. The summed E-state index contributed by atoms with van der Waals surface area (Å²) in [7, 11) is 1.81. The fourth-order valence-corrected chi connectivity index (χ4v) is 1.32. The van der Waals surface area contributed by atoms with E-state index in [1.165, 1.54) is 19.5 Å². The van der Waals surface area contributed by atoms with Gasteiger partial charge in [-0.05, 0) is 31.8 Å². The van der Waals surface area contributed by atoms with Crippen molar-refractivity contribution < 1.29 is 4.74 Å². The summed E-state index contributed by atoms with van der Waals surface area (Å²) in [6, 6.07) is 0. The maximum absolute atomic E-state index is 5.28. The van der Waals surface area contributed by atoms with E-state index in [0.29, 0.717) is 6.10 Å². The average Bonchev–Trinajstić information content (AvgIpc) is 1.87. The molecular formula is C8H17NO. The Bertz CT molecular complexity index is 87.3. The van der Waals surface area contributed by atoms with Crippen LogP contribution in [0.2, 0.25) is 0 Å². The zero-order chi connectivity index (χ0) is 7.40. The Morgan fingerprint density at radius 1 is 1.60 bits per heavy atom. The van der Waals surface area contributed by atoms with Crippen LogP contribution in [0.4, 0.5) is 0 Å². The Hall–Kier alpha value is -0.0800. The van der Waals surface area contributed by atoms with Gasteiger partial charge in [-0.3, -0.25) is 0 Å². The van der Waals surface area contributed by atoms with Crippen molar-refractivity contribution in [3.63, 3.8) is 0 Å². The van der Waals surface area contributed by atoms with Gasteiger partial charge in [0.2, 0.25) is 0 Å². The van der Waals surface area contributed by atoms with Gasteiger partial charge in [0, 0.05) is 7.11 Å². The SMILES string of the molecule is CCC(CC1CNC1)OC. The quantitative estimate of drug-likeness (QED) is 0.634. The van der Waals surface area contributed by atoms with Gasteiger partial charge in [0.05, 0.1) is 6.10 Å². The maximum Gasteiger partial charge on any atom is 0.0572 e. The summed E-state index contributed by atoms with van der Waals surface area (Å²) < 4.78 is 5.28. The van der Waals surface area contributed by atoms with Gasteiger partial charge in [-0.1, -0.05) is 6.92 Å². The topological polar surface area (TPSA) is 21.3 Å². The van der Waals surface area contributed by atoms with Crippen LogP contribution in [-0.2, 0) is 4.74 Å². The summed E-state index contributed by atoms with van der Waals surface area (Å²) >= 11 is 0. The normalized spacial score (nSPS) is 22.2. The first kappa shape index (κ1) is 8.02. The summed E-state index contributed by atoms with van der Waals surface area (Å²) in [6.45, 7) is 4.57. The first-order chi connectivity index (χ1) is 4.86. The van der Waals surface area contributed by atoms with Crippen LogP contribution in [0.15, 0.2) is 0 Å². The summed E-state index contributed by atoms with van der Waals surface area (Å²) in [4.78, 5) is 0. The third-order valence-corrected chi connectivity index (χ3v) is 2.25. The molecule has 1 N–H and O–H groups in total. The third kappa shape index (κ3) is 1.96. The van der Waals surface area contributed by atoms with Crippen molar-refractivity contribution in [2.24, 2.45) is 5.92 Å². The highest BCUT2D eigenvalue weighted by Crippen LogP contribution is 2.14. The van der Waals surface area contributed by atoms with Crippen LogP contribution in [0.1, 0.15) is 19.8 Å². The van der Waals surface area contributed by atoms with Gasteiger partial charge in [-0.2, -0.15) is 0 Å². The molecule has 0 aliphatic carbocycles. The van der Waals surface area contributed by atoms with Crippen LogP contribution >= 0.6 is 0 Å². The van der Waals surface area contributed by atoms with E-state index in [2.05, 4.69) is 12.2 Å². The van der Waals surface area contributed by atoms with Crippen molar-refractivity contribution in [2.75, 3.05) is 20.2 Å². The molecule has 1 rings (SSSR count). The molecule has 1 aliphatic heterocycles. The van der Waals surface area contributed by atoms with Gasteiger partial charge < -0.3 is 10.1 Å². The number of ether oxygens (including phenoxy) is 1. The second kappa shape index (κ2) is 3.94. The average molecular weight is 143 g/mol. The minimum absolute atomic E-state index is 0.493. The van der Waals surface area contributed by atoms with E-state index in [1.54, 1.807) is 7.11 Å². The summed E-state index contributed by atoms with van der Waals surface area (Å²) in [5.41, 5.74) is 0. The highest BCUT2D eigenvalue weighted by Gasteiger charge is 2.20. The van der Waals surface area contributed by atoms with E-state index in [4.69, 9.17) is 4.74 Å². The lowest BCUT2D eigenvalue weighted by Gasteiger charge is -2.29. The predicted molar refractivity (Wildman–Crippen MR) is 42.1 cm³/mol. The van der Waals surface area contributed by atoms with Crippen molar-refractivity contribution in [1.82, 2.24) is 5.32 Å². The Kier molecular flexibility index (Phi) is 3.16. The van der Waals surface area contributed by atoms with Crippen molar-refractivity contribution in [1.29, 1.82) is 0 Å². The van der Waals surface area contributed by atoms with E-state index < -0.39 is 0 Å². The minimum Gasteiger partial charge on any atom is -0.381 e.